The molecule has 2 rings (SSSR count). The fourth-order valence-corrected chi connectivity index (χ4v) is 4.32. The van der Waals surface area contributed by atoms with Gasteiger partial charge in [-0.1, -0.05) is 6.92 Å². The van der Waals surface area contributed by atoms with Crippen LogP contribution in [0.5, 0.6) is 0 Å². The molecule has 0 saturated heterocycles. The van der Waals surface area contributed by atoms with Gasteiger partial charge in [0.05, 0.1) is 11.7 Å². The fourth-order valence-electron chi connectivity index (χ4n) is 2.22. The lowest BCUT2D eigenvalue weighted by atomic mass is 9.97. The SMILES string of the molecule is CCCNC1CCCc2sc(CS(N)(=O)=O)nc21. The standard InChI is InChI=1S/C11H19N3O2S2/c1-2-6-13-8-4-3-5-9-11(8)14-10(17-9)7-18(12,15)16/h8,13H,2-7H2,1H3,(H2,12,15,16). The third kappa shape index (κ3) is 3.50. The minimum absolute atomic E-state index is 0.148. The number of hydrogen-bond donors (Lipinski definition) is 2. The first kappa shape index (κ1) is 13.9. The van der Waals surface area contributed by atoms with Crippen LogP contribution in [0.2, 0.25) is 0 Å². The van der Waals surface area contributed by atoms with E-state index in [1.807, 2.05) is 0 Å². The van der Waals surface area contributed by atoms with Crippen LogP contribution in [0.15, 0.2) is 0 Å². The number of fused-ring (bicyclic) bond motifs is 1. The molecule has 0 amide bonds. The second-order valence-corrected chi connectivity index (χ2v) is 7.40. The fraction of sp³-hybridized carbons (Fsp3) is 0.727. The van der Waals surface area contributed by atoms with Gasteiger partial charge in [-0.15, -0.1) is 11.3 Å². The zero-order chi connectivity index (χ0) is 13.2. The van der Waals surface area contributed by atoms with E-state index in [4.69, 9.17) is 5.14 Å². The number of hydrogen-bond acceptors (Lipinski definition) is 5. The maximum atomic E-state index is 11.1. The van der Waals surface area contributed by atoms with Crippen LogP contribution >= 0.6 is 11.3 Å². The Bertz CT molecular complexity index is 510. The Morgan fingerprint density at radius 2 is 2.33 bits per heavy atom. The van der Waals surface area contributed by atoms with Gasteiger partial charge in [0.25, 0.3) is 0 Å². The van der Waals surface area contributed by atoms with Gasteiger partial charge >= 0.3 is 0 Å². The molecule has 0 radical (unpaired) electrons. The third-order valence-corrected chi connectivity index (χ3v) is 4.95. The van der Waals surface area contributed by atoms with Gasteiger partial charge < -0.3 is 5.32 Å². The molecule has 1 aromatic rings. The normalized spacial score (nSPS) is 19.8. The monoisotopic (exact) mass is 289 g/mol. The van der Waals surface area contributed by atoms with Gasteiger partial charge in [0.2, 0.25) is 10.0 Å². The van der Waals surface area contributed by atoms with Crippen molar-refractivity contribution in [3.05, 3.63) is 15.6 Å². The number of nitrogens with one attached hydrogen (secondary N) is 1. The highest BCUT2D eigenvalue weighted by Crippen LogP contribution is 2.33. The van der Waals surface area contributed by atoms with Crippen molar-refractivity contribution in [3.8, 4) is 0 Å². The minimum Gasteiger partial charge on any atom is -0.309 e. The van der Waals surface area contributed by atoms with Crippen LogP contribution in [0.4, 0.5) is 0 Å². The van der Waals surface area contributed by atoms with Gasteiger partial charge in [-0.05, 0) is 32.2 Å². The Kier molecular flexibility index (Phi) is 4.37. The number of aromatic nitrogens is 1. The summed E-state index contributed by atoms with van der Waals surface area (Å²) in [5.41, 5.74) is 1.04. The zero-order valence-corrected chi connectivity index (χ0v) is 12.1. The first-order valence-corrected chi connectivity index (χ1v) is 8.75. The van der Waals surface area contributed by atoms with Gasteiger partial charge in [-0.3, -0.25) is 0 Å². The summed E-state index contributed by atoms with van der Waals surface area (Å²) in [4.78, 5) is 5.68. The molecular formula is C11H19N3O2S2. The van der Waals surface area contributed by atoms with E-state index >= 15 is 0 Å². The minimum atomic E-state index is -3.48. The molecule has 1 unspecified atom stereocenters. The molecule has 1 aliphatic rings. The van der Waals surface area contributed by atoms with E-state index < -0.39 is 10.0 Å². The van der Waals surface area contributed by atoms with E-state index in [0.717, 1.165) is 37.9 Å². The third-order valence-electron chi connectivity index (χ3n) is 2.96. The number of rotatable bonds is 5. The highest BCUT2D eigenvalue weighted by molar-refractivity contribution is 7.88. The number of nitrogens with zero attached hydrogens (tertiary/aromatic N) is 1. The number of thiazole rings is 1. The van der Waals surface area contributed by atoms with Crippen LogP contribution in [0.25, 0.3) is 0 Å². The first-order valence-electron chi connectivity index (χ1n) is 6.22. The molecule has 7 heteroatoms. The molecule has 0 aliphatic heterocycles. The van der Waals surface area contributed by atoms with Crippen LogP contribution in [0.1, 0.15) is 47.8 Å². The molecule has 102 valence electrons. The predicted molar refractivity (Wildman–Crippen MR) is 72.9 cm³/mol. The number of aryl methyl sites for hydroxylation is 1. The maximum Gasteiger partial charge on any atom is 0.215 e. The van der Waals surface area contributed by atoms with Crippen molar-refractivity contribution in [2.75, 3.05) is 6.54 Å². The molecule has 1 aliphatic carbocycles. The number of primary sulfonamides is 1. The topological polar surface area (TPSA) is 85.1 Å². The van der Waals surface area contributed by atoms with Gasteiger partial charge in [0, 0.05) is 4.88 Å². The highest BCUT2D eigenvalue weighted by atomic mass is 32.2. The van der Waals surface area contributed by atoms with E-state index in [0.29, 0.717) is 5.01 Å². The summed E-state index contributed by atoms with van der Waals surface area (Å²) in [5, 5.41) is 9.15. The van der Waals surface area contributed by atoms with E-state index in [2.05, 4.69) is 17.2 Å². The largest absolute Gasteiger partial charge is 0.309 e. The Morgan fingerprint density at radius 3 is 3.00 bits per heavy atom. The Morgan fingerprint density at radius 1 is 1.56 bits per heavy atom. The van der Waals surface area contributed by atoms with Crippen molar-refractivity contribution in [1.29, 1.82) is 0 Å². The second kappa shape index (κ2) is 5.64. The summed E-state index contributed by atoms with van der Waals surface area (Å²) in [6.07, 6.45) is 4.29. The van der Waals surface area contributed by atoms with Crippen molar-refractivity contribution in [2.45, 2.75) is 44.4 Å². The van der Waals surface area contributed by atoms with Gasteiger partial charge in [-0.2, -0.15) is 0 Å². The van der Waals surface area contributed by atoms with Crippen molar-refractivity contribution in [1.82, 2.24) is 10.3 Å². The zero-order valence-electron chi connectivity index (χ0n) is 10.5. The maximum absolute atomic E-state index is 11.1. The summed E-state index contributed by atoms with van der Waals surface area (Å²) in [7, 11) is -3.48. The molecule has 0 fully saturated rings. The van der Waals surface area contributed by atoms with Crippen molar-refractivity contribution >= 4 is 21.4 Å². The molecule has 3 N–H and O–H groups in total. The van der Waals surface area contributed by atoms with Crippen LogP contribution < -0.4 is 10.5 Å². The lowest BCUT2D eigenvalue weighted by Crippen LogP contribution is -2.25. The molecule has 18 heavy (non-hydrogen) atoms. The number of sulfonamides is 1. The van der Waals surface area contributed by atoms with Crippen LogP contribution in [0.3, 0.4) is 0 Å². The summed E-state index contributed by atoms with van der Waals surface area (Å²) in [6, 6.07) is 0.277. The summed E-state index contributed by atoms with van der Waals surface area (Å²) < 4.78 is 22.2. The molecule has 0 aromatic carbocycles. The molecular weight excluding hydrogens is 270 g/mol. The highest BCUT2D eigenvalue weighted by Gasteiger charge is 2.25. The molecule has 0 saturated carbocycles. The Hall–Kier alpha value is -0.500. The van der Waals surface area contributed by atoms with E-state index in [9.17, 15) is 8.42 Å². The van der Waals surface area contributed by atoms with Crippen LogP contribution in [-0.4, -0.2) is 19.9 Å². The van der Waals surface area contributed by atoms with E-state index in [1.54, 1.807) is 0 Å². The molecule has 1 aromatic heterocycles. The average Bonchev–Trinajstić information content (AvgIpc) is 2.66. The van der Waals surface area contributed by atoms with Gasteiger partial charge in [0.1, 0.15) is 10.8 Å². The summed E-state index contributed by atoms with van der Waals surface area (Å²) in [5.74, 6) is -0.148. The quantitative estimate of drug-likeness (QED) is 0.856. The average molecular weight is 289 g/mol. The van der Waals surface area contributed by atoms with Crippen molar-refractivity contribution in [3.63, 3.8) is 0 Å². The predicted octanol–water partition coefficient (Wildman–Crippen LogP) is 1.31. The lowest BCUT2D eigenvalue weighted by Gasteiger charge is -2.22. The van der Waals surface area contributed by atoms with Crippen molar-refractivity contribution < 1.29 is 8.42 Å². The lowest BCUT2D eigenvalue weighted by molar-refractivity contribution is 0.454. The van der Waals surface area contributed by atoms with Crippen molar-refractivity contribution in [2.24, 2.45) is 5.14 Å². The van der Waals surface area contributed by atoms with Gasteiger partial charge in [0.15, 0.2) is 0 Å². The molecule has 1 heterocycles. The van der Waals surface area contributed by atoms with Crippen LogP contribution in [0, 0.1) is 0 Å². The molecule has 5 nitrogen and oxygen atoms in total. The molecule has 1 atom stereocenters. The summed E-state index contributed by atoms with van der Waals surface area (Å²) >= 11 is 1.49. The van der Waals surface area contributed by atoms with E-state index in [-0.39, 0.29) is 11.8 Å². The molecule has 0 spiro atoms. The Labute approximate surface area is 112 Å². The summed E-state index contributed by atoms with van der Waals surface area (Å²) in [6.45, 7) is 3.09. The smallest absolute Gasteiger partial charge is 0.215 e. The van der Waals surface area contributed by atoms with Gasteiger partial charge in [-0.25, -0.2) is 18.5 Å². The Balaban J connectivity index is 2.18. The van der Waals surface area contributed by atoms with E-state index in [1.165, 1.54) is 16.2 Å². The van der Waals surface area contributed by atoms with Crippen LogP contribution in [-0.2, 0) is 22.2 Å². The first-order chi connectivity index (χ1) is 8.49. The second-order valence-electron chi connectivity index (χ2n) is 4.62. The number of nitrogens with two attached hydrogens (primary N) is 1. The molecule has 0 bridgehead atoms.